The lowest BCUT2D eigenvalue weighted by Crippen LogP contribution is -2.57. The van der Waals surface area contributed by atoms with Gasteiger partial charge in [0, 0.05) is 6.42 Å². The monoisotopic (exact) mass is 522 g/mol. The smallest absolute Gasteiger partial charge is 0.329 e. The normalized spacial score (nSPS) is 14.4. The zero-order valence-corrected chi connectivity index (χ0v) is 21.9. The highest BCUT2D eigenvalue weighted by molar-refractivity contribution is 5.92. The lowest BCUT2D eigenvalue weighted by Gasteiger charge is -2.28. The van der Waals surface area contributed by atoms with Crippen molar-refractivity contribution in [2.24, 2.45) is 11.8 Å². The summed E-state index contributed by atoms with van der Waals surface area (Å²) in [4.78, 5) is 67.8. The second-order valence-corrected chi connectivity index (χ2v) is 9.80. The van der Waals surface area contributed by atoms with Crippen molar-refractivity contribution in [3.05, 3.63) is 81.0 Å². The maximum atomic E-state index is 13.8. The minimum absolute atomic E-state index is 0.0204. The molecule has 4 N–H and O–H groups in total. The number of carboxylic acids is 1. The van der Waals surface area contributed by atoms with Crippen molar-refractivity contribution >= 4 is 28.7 Å². The number of fused-ring (bicyclic) bond motifs is 1. The van der Waals surface area contributed by atoms with E-state index in [1.54, 1.807) is 69.3 Å². The van der Waals surface area contributed by atoms with E-state index in [1.165, 1.54) is 0 Å². The van der Waals surface area contributed by atoms with E-state index >= 15 is 0 Å². The number of carbonyl (C=O) groups is 3. The summed E-state index contributed by atoms with van der Waals surface area (Å²) < 4.78 is 0.879. The Morgan fingerprint density at radius 1 is 0.895 bits per heavy atom. The quantitative estimate of drug-likeness (QED) is 0.303. The van der Waals surface area contributed by atoms with Crippen LogP contribution < -0.4 is 21.9 Å². The van der Waals surface area contributed by atoms with Crippen LogP contribution in [0.2, 0.25) is 0 Å². The molecule has 0 aliphatic heterocycles. The number of aromatic amines is 1. The van der Waals surface area contributed by atoms with Crippen molar-refractivity contribution in [2.45, 2.75) is 58.7 Å². The average molecular weight is 523 g/mol. The number of aromatic nitrogens is 2. The number of hydrogen-bond acceptors (Lipinski definition) is 5. The van der Waals surface area contributed by atoms with Crippen LogP contribution in [-0.4, -0.2) is 44.5 Å². The average Bonchev–Trinajstić information content (AvgIpc) is 2.89. The van der Waals surface area contributed by atoms with Crippen LogP contribution in [0.25, 0.3) is 10.9 Å². The van der Waals surface area contributed by atoms with Gasteiger partial charge in [-0.2, -0.15) is 0 Å². The molecule has 1 heterocycles. The van der Waals surface area contributed by atoms with Gasteiger partial charge in [0.05, 0.1) is 10.9 Å². The molecule has 0 unspecified atom stereocenters. The second kappa shape index (κ2) is 12.4. The third kappa shape index (κ3) is 6.37. The van der Waals surface area contributed by atoms with Crippen LogP contribution in [0.3, 0.4) is 0 Å². The van der Waals surface area contributed by atoms with Gasteiger partial charge in [-0.25, -0.2) is 14.2 Å². The van der Waals surface area contributed by atoms with E-state index in [-0.39, 0.29) is 23.6 Å². The van der Waals surface area contributed by atoms with E-state index in [2.05, 4.69) is 15.6 Å². The fraction of sp³-hybridized carbons (Fsp3) is 0.393. The number of amides is 2. The van der Waals surface area contributed by atoms with Crippen molar-refractivity contribution in [3.63, 3.8) is 0 Å². The van der Waals surface area contributed by atoms with Crippen LogP contribution in [0.5, 0.6) is 0 Å². The molecule has 3 rings (SSSR count). The molecule has 3 aromatic rings. The molecule has 0 aliphatic rings. The van der Waals surface area contributed by atoms with E-state index < -0.39 is 47.2 Å². The third-order valence-corrected chi connectivity index (χ3v) is 6.75. The first-order valence-electron chi connectivity index (χ1n) is 12.7. The van der Waals surface area contributed by atoms with Gasteiger partial charge in [0.25, 0.3) is 5.56 Å². The number of rotatable bonds is 11. The Hall–Kier alpha value is -4.21. The van der Waals surface area contributed by atoms with Crippen LogP contribution in [0.4, 0.5) is 0 Å². The Morgan fingerprint density at radius 2 is 1.50 bits per heavy atom. The van der Waals surface area contributed by atoms with Gasteiger partial charge in [-0.3, -0.25) is 14.4 Å². The molecular weight excluding hydrogens is 488 g/mol. The highest BCUT2D eigenvalue weighted by Gasteiger charge is 2.34. The molecule has 4 atom stereocenters. The van der Waals surface area contributed by atoms with Gasteiger partial charge in [-0.05, 0) is 29.5 Å². The van der Waals surface area contributed by atoms with Crippen molar-refractivity contribution in [2.75, 3.05) is 0 Å². The Labute approximate surface area is 220 Å². The number of nitrogens with zero attached hydrogens (tertiary/aromatic N) is 1. The predicted molar refractivity (Wildman–Crippen MR) is 144 cm³/mol. The first-order chi connectivity index (χ1) is 18.0. The molecule has 38 heavy (non-hydrogen) atoms. The summed E-state index contributed by atoms with van der Waals surface area (Å²) in [5.74, 6) is -3.27. The number of nitrogens with one attached hydrogen (secondary N) is 3. The summed E-state index contributed by atoms with van der Waals surface area (Å²) in [6.07, 6.45) is 0.532. The van der Waals surface area contributed by atoms with Crippen LogP contribution in [-0.2, 0) is 20.8 Å². The summed E-state index contributed by atoms with van der Waals surface area (Å²) in [6, 6.07) is 12.0. The maximum absolute atomic E-state index is 13.8. The van der Waals surface area contributed by atoms with Crippen LogP contribution in [0.1, 0.15) is 45.7 Å². The number of H-pyrrole nitrogens is 1. The molecular formula is C28H34N4O6. The molecule has 1 aromatic heterocycles. The standard InChI is InChI=1S/C28H34N4O6/c1-5-17(4)23(25(34)30-22(16(2)3)27(36)37)31-24(33)21(15-18-11-7-6-8-12-18)32-26(35)19-13-9-10-14-20(19)29-28(32)38/h6-14,16-17,21-23H,5,15H2,1-4H3,(H,29,38)(H,30,34)(H,31,33)(H,36,37)/t17-,21+,22-,23-/m0/s1. The van der Waals surface area contributed by atoms with Gasteiger partial charge in [0.2, 0.25) is 11.8 Å². The molecule has 2 aromatic carbocycles. The van der Waals surface area contributed by atoms with Crippen LogP contribution >= 0.6 is 0 Å². The third-order valence-electron chi connectivity index (χ3n) is 6.75. The Bertz CT molecular complexity index is 1410. The van der Waals surface area contributed by atoms with Crippen LogP contribution in [0, 0.1) is 11.8 Å². The molecule has 10 heteroatoms. The molecule has 0 spiro atoms. The summed E-state index contributed by atoms with van der Waals surface area (Å²) in [5.41, 5.74) is -0.318. The second-order valence-electron chi connectivity index (χ2n) is 9.80. The van der Waals surface area contributed by atoms with Crippen molar-refractivity contribution < 1.29 is 19.5 Å². The number of carboxylic acid groups (broad SMARTS) is 1. The van der Waals surface area contributed by atoms with Gasteiger partial charge >= 0.3 is 11.7 Å². The molecule has 0 aliphatic carbocycles. The van der Waals surface area contributed by atoms with E-state index in [0.717, 1.165) is 4.57 Å². The number of benzene rings is 2. The van der Waals surface area contributed by atoms with Crippen molar-refractivity contribution in [1.29, 1.82) is 0 Å². The molecule has 0 saturated heterocycles. The van der Waals surface area contributed by atoms with Gasteiger partial charge in [0.1, 0.15) is 18.1 Å². The Morgan fingerprint density at radius 3 is 2.11 bits per heavy atom. The Balaban J connectivity index is 2.04. The zero-order chi connectivity index (χ0) is 28.0. The lowest BCUT2D eigenvalue weighted by atomic mass is 9.96. The summed E-state index contributed by atoms with van der Waals surface area (Å²) in [7, 11) is 0. The highest BCUT2D eigenvalue weighted by atomic mass is 16.4. The van der Waals surface area contributed by atoms with E-state index in [4.69, 9.17) is 0 Å². The molecule has 10 nitrogen and oxygen atoms in total. The fourth-order valence-corrected chi connectivity index (χ4v) is 4.31. The highest BCUT2D eigenvalue weighted by Crippen LogP contribution is 2.16. The zero-order valence-electron chi connectivity index (χ0n) is 21.9. The number of hydrogen-bond donors (Lipinski definition) is 4. The molecule has 0 radical (unpaired) electrons. The van der Waals surface area contributed by atoms with Gasteiger partial charge in [-0.1, -0.05) is 76.6 Å². The van der Waals surface area contributed by atoms with Crippen molar-refractivity contribution in [3.8, 4) is 0 Å². The van der Waals surface area contributed by atoms with Gasteiger partial charge in [0.15, 0.2) is 0 Å². The fourth-order valence-electron chi connectivity index (χ4n) is 4.31. The van der Waals surface area contributed by atoms with Gasteiger partial charge in [-0.15, -0.1) is 0 Å². The van der Waals surface area contributed by atoms with E-state index in [0.29, 0.717) is 17.5 Å². The van der Waals surface area contributed by atoms with Crippen molar-refractivity contribution in [1.82, 2.24) is 20.2 Å². The molecule has 0 bridgehead atoms. The maximum Gasteiger partial charge on any atom is 0.329 e. The number of carbonyl (C=O) groups excluding carboxylic acids is 2. The predicted octanol–water partition coefficient (Wildman–Crippen LogP) is 2.23. The number of aliphatic carboxylic acids is 1. The largest absolute Gasteiger partial charge is 0.480 e. The SMILES string of the molecule is CC[C@H](C)[C@H](NC(=O)[C@@H](Cc1ccccc1)n1c(=O)[nH]c2ccccc2c1=O)C(=O)N[C@H](C(=O)O)C(C)C. The topological polar surface area (TPSA) is 150 Å². The molecule has 202 valence electrons. The lowest BCUT2D eigenvalue weighted by molar-refractivity contribution is -0.143. The number of para-hydroxylation sites is 1. The molecule has 0 saturated carbocycles. The van der Waals surface area contributed by atoms with Gasteiger partial charge < -0.3 is 20.7 Å². The summed E-state index contributed by atoms with van der Waals surface area (Å²) in [5, 5.41) is 15.0. The van der Waals surface area contributed by atoms with Crippen LogP contribution in [0.15, 0.2) is 64.2 Å². The molecule has 0 fully saturated rings. The van der Waals surface area contributed by atoms with E-state index in [1.807, 2.05) is 13.0 Å². The summed E-state index contributed by atoms with van der Waals surface area (Å²) in [6.45, 7) is 6.94. The summed E-state index contributed by atoms with van der Waals surface area (Å²) >= 11 is 0. The minimum Gasteiger partial charge on any atom is -0.480 e. The molecule has 2 amide bonds. The van der Waals surface area contributed by atoms with E-state index in [9.17, 15) is 29.1 Å². The first-order valence-corrected chi connectivity index (χ1v) is 12.7. The Kier molecular flexibility index (Phi) is 9.22. The minimum atomic E-state index is -1.27. The first kappa shape index (κ1) is 28.4.